The number of carbonyl (C=O) groups is 1. The maximum atomic E-state index is 13.3. The zero-order valence-corrected chi connectivity index (χ0v) is 17.1. The number of pyridine rings is 1. The molecule has 0 saturated carbocycles. The first-order valence-corrected chi connectivity index (χ1v) is 10.8. The first-order chi connectivity index (χ1) is 14.8. The molecular formula is C24H21N3O2S. The predicted octanol–water partition coefficient (Wildman–Crippen LogP) is 5.11. The Kier molecular flexibility index (Phi) is 5.15. The average Bonchev–Trinajstić information content (AvgIpc) is 3.46. The van der Waals surface area contributed by atoms with Gasteiger partial charge in [-0.15, -0.1) is 0 Å². The average molecular weight is 416 g/mol. The molecule has 30 heavy (non-hydrogen) atoms. The van der Waals surface area contributed by atoms with E-state index in [1.54, 1.807) is 18.1 Å². The van der Waals surface area contributed by atoms with Crippen LogP contribution < -0.4 is 9.04 Å². The molecule has 0 aliphatic carbocycles. The molecule has 1 fully saturated rings. The van der Waals surface area contributed by atoms with Gasteiger partial charge in [0.15, 0.2) is 5.78 Å². The van der Waals surface area contributed by atoms with Gasteiger partial charge in [0.05, 0.1) is 17.8 Å². The number of aromatic nitrogens is 2. The summed E-state index contributed by atoms with van der Waals surface area (Å²) in [5, 5.41) is 0.912. The molecule has 6 heteroatoms. The Balaban J connectivity index is 1.33. The molecule has 5 rings (SSSR count). The molecule has 1 saturated heterocycles. The number of ether oxygens (including phenoxy) is 1. The molecule has 1 unspecified atom stereocenters. The fourth-order valence-corrected chi connectivity index (χ4v) is 4.84. The van der Waals surface area contributed by atoms with E-state index in [4.69, 9.17) is 4.74 Å². The Morgan fingerprint density at radius 1 is 1.17 bits per heavy atom. The normalized spacial score (nSPS) is 16.1. The zero-order chi connectivity index (χ0) is 20.3. The minimum atomic E-state index is -0.0527. The van der Waals surface area contributed by atoms with Crippen LogP contribution in [0.2, 0.25) is 0 Å². The molecule has 1 N–H and O–H groups in total. The van der Waals surface area contributed by atoms with E-state index in [1.165, 1.54) is 0 Å². The molecule has 4 aromatic rings. The van der Waals surface area contributed by atoms with Gasteiger partial charge < -0.3 is 14.0 Å². The summed E-state index contributed by atoms with van der Waals surface area (Å²) in [4.78, 5) is 20.7. The van der Waals surface area contributed by atoms with E-state index < -0.39 is 0 Å². The Morgan fingerprint density at radius 3 is 2.90 bits per heavy atom. The van der Waals surface area contributed by atoms with Crippen molar-refractivity contribution in [3.05, 3.63) is 90.4 Å². The van der Waals surface area contributed by atoms with Crippen molar-refractivity contribution >= 4 is 34.3 Å². The van der Waals surface area contributed by atoms with Crippen LogP contribution in [0.25, 0.3) is 10.9 Å². The van der Waals surface area contributed by atoms with Crippen LogP contribution >= 0.6 is 11.9 Å². The number of nitrogens with zero attached hydrogens (tertiary/aromatic N) is 2. The lowest BCUT2D eigenvalue weighted by Gasteiger charge is -2.15. The first kappa shape index (κ1) is 18.8. The van der Waals surface area contributed by atoms with Crippen LogP contribution in [0.15, 0.2) is 79.3 Å². The van der Waals surface area contributed by atoms with Crippen molar-refractivity contribution < 1.29 is 9.53 Å². The van der Waals surface area contributed by atoms with E-state index >= 15 is 0 Å². The number of Topliss-reactive ketones (excluding diaryl/α,β-unsaturated/α-hetero) is 1. The summed E-state index contributed by atoms with van der Waals surface area (Å²) in [6.45, 7) is 1.19. The third kappa shape index (κ3) is 3.78. The second-order valence-corrected chi connectivity index (χ2v) is 8.35. The Labute approximate surface area is 179 Å². The van der Waals surface area contributed by atoms with E-state index in [9.17, 15) is 4.79 Å². The molecular weight excluding hydrogens is 394 g/mol. The van der Waals surface area contributed by atoms with E-state index in [2.05, 4.69) is 14.3 Å². The van der Waals surface area contributed by atoms with Crippen LogP contribution in [0.1, 0.15) is 15.9 Å². The molecule has 1 aliphatic rings. The van der Waals surface area contributed by atoms with E-state index in [0.29, 0.717) is 13.2 Å². The highest BCUT2D eigenvalue weighted by molar-refractivity contribution is 8.00. The smallest absolute Gasteiger partial charge is 0.170 e. The molecule has 0 amide bonds. The monoisotopic (exact) mass is 415 g/mol. The number of benzene rings is 2. The van der Waals surface area contributed by atoms with Crippen LogP contribution in [0, 0.1) is 5.92 Å². The summed E-state index contributed by atoms with van der Waals surface area (Å²) in [5.74, 6) is 1.64. The number of ketones is 1. The summed E-state index contributed by atoms with van der Waals surface area (Å²) >= 11 is 1.68. The van der Waals surface area contributed by atoms with Crippen LogP contribution in [-0.2, 0) is 6.61 Å². The topological polar surface area (TPSA) is 58.2 Å². The summed E-state index contributed by atoms with van der Waals surface area (Å²) in [6, 6.07) is 19.9. The van der Waals surface area contributed by atoms with Crippen LogP contribution in [0.4, 0.5) is 5.69 Å². The van der Waals surface area contributed by atoms with Crippen molar-refractivity contribution in [1.82, 2.24) is 9.97 Å². The van der Waals surface area contributed by atoms with Crippen molar-refractivity contribution in [2.24, 2.45) is 5.92 Å². The quantitative estimate of drug-likeness (QED) is 0.350. The number of rotatable bonds is 6. The van der Waals surface area contributed by atoms with Crippen molar-refractivity contribution in [3.8, 4) is 5.75 Å². The van der Waals surface area contributed by atoms with Gasteiger partial charge in [-0.05, 0) is 47.8 Å². The zero-order valence-electron chi connectivity index (χ0n) is 16.3. The SMILES string of the molecule is O=C(c1c[nH]c2ccc(OCc3ccccc3)cc12)C1CSN(c2cccnc2)C1. The molecule has 0 bridgehead atoms. The number of hydrogen-bond acceptors (Lipinski definition) is 5. The number of anilines is 1. The molecule has 2 aromatic heterocycles. The Morgan fingerprint density at radius 2 is 2.07 bits per heavy atom. The number of fused-ring (bicyclic) bond motifs is 1. The summed E-state index contributed by atoms with van der Waals surface area (Å²) in [5.41, 5.74) is 3.82. The third-order valence-electron chi connectivity index (χ3n) is 5.29. The molecule has 3 heterocycles. The van der Waals surface area contributed by atoms with Gasteiger partial charge in [-0.3, -0.25) is 9.78 Å². The lowest BCUT2D eigenvalue weighted by Crippen LogP contribution is -2.22. The second kappa shape index (κ2) is 8.24. The molecule has 150 valence electrons. The molecule has 0 radical (unpaired) electrons. The number of carbonyl (C=O) groups excluding carboxylic acids is 1. The minimum absolute atomic E-state index is 0.0527. The predicted molar refractivity (Wildman–Crippen MR) is 121 cm³/mol. The van der Waals surface area contributed by atoms with Crippen molar-refractivity contribution in [2.75, 3.05) is 16.6 Å². The highest BCUT2D eigenvalue weighted by Gasteiger charge is 2.31. The van der Waals surface area contributed by atoms with Gasteiger partial charge >= 0.3 is 0 Å². The summed E-state index contributed by atoms with van der Waals surface area (Å²) < 4.78 is 8.11. The number of H-pyrrole nitrogens is 1. The van der Waals surface area contributed by atoms with Gasteiger partial charge in [-0.2, -0.15) is 0 Å². The number of nitrogens with one attached hydrogen (secondary N) is 1. The lowest BCUT2D eigenvalue weighted by molar-refractivity contribution is 0.0942. The number of hydrogen-bond donors (Lipinski definition) is 1. The van der Waals surface area contributed by atoms with E-state index in [1.807, 2.05) is 73.1 Å². The fraction of sp³-hybridized carbons (Fsp3) is 0.167. The van der Waals surface area contributed by atoms with Gasteiger partial charge in [0, 0.05) is 41.2 Å². The maximum Gasteiger partial charge on any atom is 0.170 e. The Bertz CT molecular complexity index is 1160. The summed E-state index contributed by atoms with van der Waals surface area (Å²) in [6.07, 6.45) is 5.42. The number of aromatic amines is 1. The van der Waals surface area contributed by atoms with Crippen LogP contribution in [0.5, 0.6) is 5.75 Å². The molecule has 0 spiro atoms. The van der Waals surface area contributed by atoms with Crippen LogP contribution in [-0.4, -0.2) is 28.0 Å². The van der Waals surface area contributed by atoms with Crippen molar-refractivity contribution in [3.63, 3.8) is 0 Å². The van der Waals surface area contributed by atoms with E-state index in [-0.39, 0.29) is 11.7 Å². The molecule has 1 aliphatic heterocycles. The largest absolute Gasteiger partial charge is 0.489 e. The van der Waals surface area contributed by atoms with Crippen LogP contribution in [0.3, 0.4) is 0 Å². The van der Waals surface area contributed by atoms with Crippen molar-refractivity contribution in [1.29, 1.82) is 0 Å². The lowest BCUT2D eigenvalue weighted by atomic mass is 9.98. The minimum Gasteiger partial charge on any atom is -0.489 e. The highest BCUT2D eigenvalue weighted by atomic mass is 32.2. The first-order valence-electron chi connectivity index (χ1n) is 9.90. The highest BCUT2D eigenvalue weighted by Crippen LogP contribution is 2.34. The molecule has 1 atom stereocenters. The Hall–Kier alpha value is -3.25. The molecule has 5 nitrogen and oxygen atoms in total. The van der Waals surface area contributed by atoms with Gasteiger partial charge in [0.2, 0.25) is 0 Å². The third-order valence-corrected chi connectivity index (χ3v) is 6.51. The van der Waals surface area contributed by atoms with Crippen molar-refractivity contribution in [2.45, 2.75) is 6.61 Å². The van der Waals surface area contributed by atoms with Gasteiger partial charge in [0.1, 0.15) is 12.4 Å². The van der Waals surface area contributed by atoms with Gasteiger partial charge in [-0.1, -0.05) is 30.3 Å². The van der Waals surface area contributed by atoms with Gasteiger partial charge in [-0.25, -0.2) is 0 Å². The molecule has 2 aromatic carbocycles. The maximum absolute atomic E-state index is 13.3. The van der Waals surface area contributed by atoms with E-state index in [0.717, 1.165) is 39.2 Å². The van der Waals surface area contributed by atoms with Gasteiger partial charge in [0.25, 0.3) is 0 Å². The standard InChI is InChI=1S/C24H21N3O2S/c28-24(18-14-27(30-16-18)19-7-4-10-25-12-19)22-13-26-23-9-8-20(11-21(22)23)29-15-17-5-2-1-3-6-17/h1-13,18,26H,14-16H2. The second-order valence-electron chi connectivity index (χ2n) is 7.31. The summed E-state index contributed by atoms with van der Waals surface area (Å²) in [7, 11) is 0. The fourth-order valence-electron chi connectivity index (χ4n) is 3.68.